The van der Waals surface area contributed by atoms with E-state index in [9.17, 15) is 0 Å². The number of ether oxygens (including phenoxy) is 1. The number of rotatable bonds is 16. The second-order valence-electron chi connectivity index (χ2n) is 7.31. The molecule has 146 valence electrons. The minimum atomic E-state index is 0.375. The van der Waals surface area contributed by atoms with Crippen LogP contribution >= 0.6 is 11.8 Å². The standard InChI is InChI=1S/C24H38OS/c1-4-23-15-17-24(18-16-23)14-11-9-7-5-6-8-10-12-20-26-21-13-19-25-22(2)3/h1,15-18,22H,5-14,19-21H2,2-3H3. The fourth-order valence-electron chi connectivity index (χ4n) is 2.94. The van der Waals surface area contributed by atoms with Gasteiger partial charge in [0.25, 0.3) is 0 Å². The Balaban J connectivity index is 1.79. The van der Waals surface area contributed by atoms with Crippen LogP contribution in [0.25, 0.3) is 0 Å². The van der Waals surface area contributed by atoms with Crippen molar-refractivity contribution in [3.8, 4) is 12.3 Å². The van der Waals surface area contributed by atoms with E-state index in [1.807, 2.05) is 12.1 Å². The molecule has 0 saturated carbocycles. The number of thioether (sulfide) groups is 1. The quantitative estimate of drug-likeness (QED) is 0.230. The molecule has 0 aliphatic carbocycles. The van der Waals surface area contributed by atoms with Gasteiger partial charge in [-0.2, -0.15) is 11.8 Å². The Bertz CT molecular complexity index is 472. The van der Waals surface area contributed by atoms with E-state index < -0.39 is 0 Å². The molecule has 0 fully saturated rings. The number of hydrogen-bond acceptors (Lipinski definition) is 2. The highest BCUT2D eigenvalue weighted by Crippen LogP contribution is 2.13. The van der Waals surface area contributed by atoms with Crippen LogP contribution in [-0.2, 0) is 11.2 Å². The smallest absolute Gasteiger partial charge is 0.0518 e. The average Bonchev–Trinajstić information content (AvgIpc) is 2.65. The highest BCUT2D eigenvalue weighted by Gasteiger charge is 1.97. The molecule has 1 rings (SSSR count). The topological polar surface area (TPSA) is 9.23 Å². The summed E-state index contributed by atoms with van der Waals surface area (Å²) in [5.74, 6) is 5.24. The number of terminal acetylenes is 1. The summed E-state index contributed by atoms with van der Waals surface area (Å²) >= 11 is 2.09. The van der Waals surface area contributed by atoms with Gasteiger partial charge in [0.2, 0.25) is 0 Å². The molecule has 0 bridgehead atoms. The molecule has 0 amide bonds. The first kappa shape index (κ1) is 23.1. The van der Waals surface area contributed by atoms with Crippen molar-refractivity contribution in [2.45, 2.75) is 84.2 Å². The Morgan fingerprint density at radius 2 is 1.42 bits per heavy atom. The van der Waals surface area contributed by atoms with Crippen LogP contribution in [0, 0.1) is 12.3 Å². The summed E-state index contributed by atoms with van der Waals surface area (Å²) in [4.78, 5) is 0. The first-order chi connectivity index (χ1) is 12.7. The predicted molar refractivity (Wildman–Crippen MR) is 118 cm³/mol. The van der Waals surface area contributed by atoms with Gasteiger partial charge in [-0.05, 0) is 68.7 Å². The summed E-state index contributed by atoms with van der Waals surface area (Å²) < 4.78 is 5.56. The summed E-state index contributed by atoms with van der Waals surface area (Å²) in [5, 5.41) is 0. The van der Waals surface area contributed by atoms with Crippen LogP contribution in [-0.4, -0.2) is 24.2 Å². The molecule has 0 saturated heterocycles. The van der Waals surface area contributed by atoms with Crippen LogP contribution in [0.5, 0.6) is 0 Å². The van der Waals surface area contributed by atoms with Crippen LogP contribution < -0.4 is 0 Å². The zero-order valence-corrected chi connectivity index (χ0v) is 17.8. The van der Waals surface area contributed by atoms with Crippen molar-refractivity contribution < 1.29 is 4.74 Å². The maximum atomic E-state index is 5.56. The van der Waals surface area contributed by atoms with Gasteiger partial charge in [0.15, 0.2) is 0 Å². The molecule has 26 heavy (non-hydrogen) atoms. The van der Waals surface area contributed by atoms with Crippen LogP contribution in [0.3, 0.4) is 0 Å². The van der Waals surface area contributed by atoms with Crippen LogP contribution in [0.15, 0.2) is 24.3 Å². The maximum absolute atomic E-state index is 5.56. The van der Waals surface area contributed by atoms with Gasteiger partial charge in [-0.3, -0.25) is 0 Å². The van der Waals surface area contributed by atoms with Gasteiger partial charge in [0, 0.05) is 12.2 Å². The molecule has 0 spiro atoms. The van der Waals surface area contributed by atoms with Crippen LogP contribution in [0.4, 0.5) is 0 Å². The molecular formula is C24H38OS. The number of unbranched alkanes of at least 4 members (excludes halogenated alkanes) is 7. The van der Waals surface area contributed by atoms with Crippen LogP contribution in [0.1, 0.15) is 82.8 Å². The largest absolute Gasteiger partial charge is 0.379 e. The summed E-state index contributed by atoms with van der Waals surface area (Å²) in [6.45, 7) is 5.12. The van der Waals surface area contributed by atoms with Crippen molar-refractivity contribution in [1.29, 1.82) is 0 Å². The second-order valence-corrected chi connectivity index (χ2v) is 8.53. The van der Waals surface area contributed by atoms with Crippen molar-refractivity contribution in [2.24, 2.45) is 0 Å². The molecular weight excluding hydrogens is 336 g/mol. The van der Waals surface area contributed by atoms with Gasteiger partial charge < -0.3 is 4.74 Å². The number of benzene rings is 1. The molecule has 0 atom stereocenters. The van der Waals surface area contributed by atoms with Gasteiger partial charge >= 0.3 is 0 Å². The van der Waals surface area contributed by atoms with Gasteiger partial charge in [-0.15, -0.1) is 6.42 Å². The van der Waals surface area contributed by atoms with E-state index >= 15 is 0 Å². The first-order valence-corrected chi connectivity index (χ1v) is 11.6. The molecule has 0 aliphatic heterocycles. The summed E-state index contributed by atoms with van der Waals surface area (Å²) in [5.41, 5.74) is 2.39. The molecule has 1 aromatic carbocycles. The Morgan fingerprint density at radius 1 is 0.846 bits per heavy atom. The molecule has 0 aromatic heterocycles. The molecule has 0 heterocycles. The lowest BCUT2D eigenvalue weighted by Gasteiger charge is -2.07. The van der Waals surface area contributed by atoms with Crippen molar-refractivity contribution >= 4 is 11.8 Å². The van der Waals surface area contributed by atoms with E-state index in [4.69, 9.17) is 11.2 Å². The third-order valence-electron chi connectivity index (χ3n) is 4.51. The highest BCUT2D eigenvalue weighted by atomic mass is 32.2. The van der Waals surface area contributed by atoms with Gasteiger partial charge in [-0.25, -0.2) is 0 Å². The minimum Gasteiger partial charge on any atom is -0.379 e. The van der Waals surface area contributed by atoms with Gasteiger partial charge in [0.1, 0.15) is 0 Å². The zero-order valence-electron chi connectivity index (χ0n) is 17.0. The molecule has 1 nitrogen and oxygen atoms in total. The first-order valence-electron chi connectivity index (χ1n) is 10.5. The lowest BCUT2D eigenvalue weighted by atomic mass is 10.0. The number of hydrogen-bond donors (Lipinski definition) is 0. The molecule has 0 radical (unpaired) electrons. The number of aryl methyl sites for hydroxylation is 1. The summed E-state index contributed by atoms with van der Waals surface area (Å²) in [7, 11) is 0. The zero-order chi connectivity index (χ0) is 18.9. The van der Waals surface area contributed by atoms with E-state index in [0.29, 0.717) is 6.10 Å². The van der Waals surface area contributed by atoms with Crippen LogP contribution in [0.2, 0.25) is 0 Å². The molecule has 1 aromatic rings. The van der Waals surface area contributed by atoms with Crippen molar-refractivity contribution in [1.82, 2.24) is 0 Å². The SMILES string of the molecule is C#Cc1ccc(CCCCCCCCCCSCCCOC(C)C)cc1. The molecule has 0 aliphatic rings. The lowest BCUT2D eigenvalue weighted by molar-refractivity contribution is 0.0800. The second kappa shape index (κ2) is 16.3. The third kappa shape index (κ3) is 13.3. The lowest BCUT2D eigenvalue weighted by Crippen LogP contribution is -2.04. The van der Waals surface area contributed by atoms with Gasteiger partial charge in [-0.1, -0.05) is 56.6 Å². The summed E-state index contributed by atoms with van der Waals surface area (Å²) in [6, 6.07) is 8.44. The molecule has 0 unspecified atom stereocenters. The van der Waals surface area contributed by atoms with E-state index in [0.717, 1.165) is 12.2 Å². The Kier molecular flexibility index (Phi) is 14.5. The van der Waals surface area contributed by atoms with Crippen molar-refractivity contribution in [3.63, 3.8) is 0 Å². The highest BCUT2D eigenvalue weighted by molar-refractivity contribution is 7.99. The van der Waals surface area contributed by atoms with Gasteiger partial charge in [0.05, 0.1) is 6.10 Å². The predicted octanol–water partition coefficient (Wildman–Crippen LogP) is 6.88. The fraction of sp³-hybridized carbons (Fsp3) is 0.667. The molecule has 0 N–H and O–H groups in total. The Hall–Kier alpha value is -0.910. The maximum Gasteiger partial charge on any atom is 0.0518 e. The van der Waals surface area contributed by atoms with Crippen molar-refractivity contribution in [3.05, 3.63) is 35.4 Å². The van der Waals surface area contributed by atoms with Crippen molar-refractivity contribution in [2.75, 3.05) is 18.1 Å². The van der Waals surface area contributed by atoms with E-state index in [2.05, 4.69) is 43.7 Å². The normalized spacial score (nSPS) is 11.0. The van der Waals surface area contributed by atoms with E-state index in [-0.39, 0.29) is 0 Å². The van der Waals surface area contributed by atoms with E-state index in [1.165, 1.54) is 81.3 Å². The average molecular weight is 375 g/mol. The minimum absolute atomic E-state index is 0.375. The monoisotopic (exact) mass is 374 g/mol. The van der Waals surface area contributed by atoms with E-state index in [1.54, 1.807) is 0 Å². The summed E-state index contributed by atoms with van der Waals surface area (Å²) in [6.07, 6.45) is 19.2. The third-order valence-corrected chi connectivity index (χ3v) is 5.66. The Labute approximate surface area is 166 Å². The molecule has 2 heteroatoms. The fourth-order valence-corrected chi connectivity index (χ4v) is 3.88. The Morgan fingerprint density at radius 3 is 2.04 bits per heavy atom.